The maximum absolute atomic E-state index is 12.8. The van der Waals surface area contributed by atoms with Gasteiger partial charge in [-0.25, -0.2) is 21.9 Å². The summed E-state index contributed by atoms with van der Waals surface area (Å²) in [5.74, 6) is -3.38. The van der Waals surface area contributed by atoms with E-state index in [0.717, 1.165) is 24.3 Å². The van der Waals surface area contributed by atoms with Crippen molar-refractivity contribution in [3.05, 3.63) is 34.4 Å². The standard InChI is InChI=1S/C9H11F2N3O4S/c10-9(11,5-12)6-13-19(17,18)8-3-1-2-7(4-8)14(15)16/h1-4,13H,5-6,12H2. The number of rotatable bonds is 6. The van der Waals surface area contributed by atoms with Gasteiger partial charge in [0, 0.05) is 12.1 Å². The van der Waals surface area contributed by atoms with Gasteiger partial charge in [0.05, 0.1) is 22.9 Å². The highest BCUT2D eigenvalue weighted by molar-refractivity contribution is 7.89. The third-order valence-corrected chi connectivity index (χ3v) is 3.56. The second kappa shape index (κ2) is 5.55. The molecule has 0 unspecified atom stereocenters. The molecule has 7 nitrogen and oxygen atoms in total. The maximum atomic E-state index is 12.8. The summed E-state index contributed by atoms with van der Waals surface area (Å²) >= 11 is 0. The minimum Gasteiger partial charge on any atom is -0.325 e. The molecule has 0 atom stereocenters. The van der Waals surface area contributed by atoms with Crippen molar-refractivity contribution in [3.8, 4) is 0 Å². The molecule has 3 N–H and O–H groups in total. The number of benzene rings is 1. The predicted octanol–water partition coefficient (Wildman–Crippen LogP) is 0.467. The highest BCUT2D eigenvalue weighted by Gasteiger charge is 2.29. The molecule has 1 rings (SSSR count). The number of nitrogens with one attached hydrogen (secondary N) is 1. The van der Waals surface area contributed by atoms with Crippen LogP contribution in [0.25, 0.3) is 0 Å². The first-order chi connectivity index (χ1) is 8.68. The zero-order valence-electron chi connectivity index (χ0n) is 9.55. The van der Waals surface area contributed by atoms with Crippen molar-refractivity contribution in [1.82, 2.24) is 4.72 Å². The van der Waals surface area contributed by atoms with E-state index in [1.807, 2.05) is 0 Å². The Kier molecular flexibility index (Phi) is 4.50. The number of alkyl halides is 2. The SMILES string of the molecule is NCC(F)(F)CNS(=O)(=O)c1cccc([N+](=O)[O-])c1. The minimum absolute atomic E-state index is 0.450. The van der Waals surface area contributed by atoms with Gasteiger partial charge in [0.15, 0.2) is 0 Å². The fourth-order valence-corrected chi connectivity index (χ4v) is 2.22. The average molecular weight is 295 g/mol. The van der Waals surface area contributed by atoms with Crippen LogP contribution < -0.4 is 10.5 Å². The van der Waals surface area contributed by atoms with Gasteiger partial charge in [-0.05, 0) is 6.07 Å². The molecule has 0 amide bonds. The van der Waals surface area contributed by atoms with E-state index in [9.17, 15) is 27.3 Å². The molecule has 0 heterocycles. The molecular formula is C9H11F2N3O4S. The Bertz CT molecular complexity index is 577. The van der Waals surface area contributed by atoms with Crippen LogP contribution in [-0.2, 0) is 10.0 Å². The van der Waals surface area contributed by atoms with Crippen molar-refractivity contribution in [1.29, 1.82) is 0 Å². The lowest BCUT2D eigenvalue weighted by Gasteiger charge is -2.14. The van der Waals surface area contributed by atoms with Crippen LogP contribution in [0, 0.1) is 10.1 Å². The Morgan fingerprint density at radius 1 is 1.42 bits per heavy atom. The summed E-state index contributed by atoms with van der Waals surface area (Å²) in [6.45, 7) is -2.18. The summed E-state index contributed by atoms with van der Waals surface area (Å²) in [5, 5.41) is 10.5. The van der Waals surface area contributed by atoms with Gasteiger partial charge in [0.1, 0.15) is 0 Å². The zero-order valence-corrected chi connectivity index (χ0v) is 10.4. The number of sulfonamides is 1. The summed E-state index contributed by atoms with van der Waals surface area (Å²) < 4.78 is 50.7. The first-order valence-corrected chi connectivity index (χ1v) is 6.48. The molecule has 1 aromatic carbocycles. The molecule has 0 bridgehead atoms. The maximum Gasteiger partial charge on any atom is 0.273 e. The lowest BCUT2D eigenvalue weighted by molar-refractivity contribution is -0.385. The zero-order chi connectivity index (χ0) is 14.7. The molecule has 0 aliphatic carbocycles. The molecule has 106 valence electrons. The van der Waals surface area contributed by atoms with E-state index < -0.39 is 44.5 Å². The predicted molar refractivity (Wildman–Crippen MR) is 62.3 cm³/mol. The van der Waals surface area contributed by atoms with Gasteiger partial charge in [-0.15, -0.1) is 0 Å². The normalized spacial score (nSPS) is 12.4. The molecule has 19 heavy (non-hydrogen) atoms. The fraction of sp³-hybridized carbons (Fsp3) is 0.333. The molecule has 1 aromatic rings. The van der Waals surface area contributed by atoms with Crippen molar-refractivity contribution in [2.45, 2.75) is 10.8 Å². The van der Waals surface area contributed by atoms with Crippen molar-refractivity contribution < 1.29 is 22.1 Å². The van der Waals surface area contributed by atoms with Gasteiger partial charge in [-0.3, -0.25) is 10.1 Å². The van der Waals surface area contributed by atoms with E-state index in [-0.39, 0.29) is 0 Å². The van der Waals surface area contributed by atoms with Crippen molar-refractivity contribution >= 4 is 15.7 Å². The fourth-order valence-electron chi connectivity index (χ4n) is 1.12. The van der Waals surface area contributed by atoms with Crippen LogP contribution in [0.15, 0.2) is 29.2 Å². The van der Waals surface area contributed by atoms with E-state index in [1.54, 1.807) is 4.72 Å². The molecule has 0 aliphatic heterocycles. The molecule has 0 radical (unpaired) electrons. The Hall–Kier alpha value is -1.65. The Labute approximate surface area is 107 Å². The number of halogens is 2. The topological polar surface area (TPSA) is 115 Å². The molecule has 0 spiro atoms. The lowest BCUT2D eigenvalue weighted by atomic mass is 10.3. The summed E-state index contributed by atoms with van der Waals surface area (Å²) in [6, 6.07) is 4.08. The summed E-state index contributed by atoms with van der Waals surface area (Å²) in [4.78, 5) is 9.25. The van der Waals surface area contributed by atoms with Crippen LogP contribution in [0.1, 0.15) is 0 Å². The Morgan fingerprint density at radius 3 is 2.58 bits per heavy atom. The Morgan fingerprint density at radius 2 is 2.05 bits per heavy atom. The highest BCUT2D eigenvalue weighted by Crippen LogP contribution is 2.18. The van der Waals surface area contributed by atoms with Gasteiger partial charge in [0.2, 0.25) is 10.0 Å². The minimum atomic E-state index is -4.25. The molecule has 0 fully saturated rings. The van der Waals surface area contributed by atoms with Gasteiger partial charge in [-0.2, -0.15) is 0 Å². The van der Waals surface area contributed by atoms with Crippen LogP contribution in [0.3, 0.4) is 0 Å². The number of non-ortho nitro benzene ring substituents is 1. The van der Waals surface area contributed by atoms with Crippen LogP contribution in [0.4, 0.5) is 14.5 Å². The first kappa shape index (κ1) is 15.4. The number of hydrogen-bond donors (Lipinski definition) is 2. The average Bonchev–Trinajstić information content (AvgIpc) is 2.37. The Balaban J connectivity index is 2.95. The second-order valence-electron chi connectivity index (χ2n) is 3.64. The van der Waals surface area contributed by atoms with E-state index in [1.165, 1.54) is 0 Å². The summed E-state index contributed by atoms with van der Waals surface area (Å²) in [7, 11) is -4.25. The molecule has 0 saturated carbocycles. The molecular weight excluding hydrogens is 284 g/mol. The number of nitrogens with zero attached hydrogens (tertiary/aromatic N) is 1. The third kappa shape index (κ3) is 4.19. The van der Waals surface area contributed by atoms with Crippen LogP contribution in [0.5, 0.6) is 0 Å². The van der Waals surface area contributed by atoms with Crippen LogP contribution in [-0.4, -0.2) is 32.4 Å². The molecule has 10 heteroatoms. The summed E-state index contributed by atoms with van der Waals surface area (Å²) in [5.41, 5.74) is 4.31. The monoisotopic (exact) mass is 295 g/mol. The largest absolute Gasteiger partial charge is 0.325 e. The lowest BCUT2D eigenvalue weighted by Crippen LogP contribution is -2.41. The van der Waals surface area contributed by atoms with E-state index in [0.29, 0.717) is 0 Å². The van der Waals surface area contributed by atoms with Crippen molar-refractivity contribution in [3.63, 3.8) is 0 Å². The molecule has 0 aromatic heterocycles. The molecule has 0 saturated heterocycles. The van der Waals surface area contributed by atoms with E-state index >= 15 is 0 Å². The van der Waals surface area contributed by atoms with Crippen LogP contribution >= 0.6 is 0 Å². The number of nitrogens with two attached hydrogens (primary N) is 1. The number of hydrogen-bond acceptors (Lipinski definition) is 5. The van der Waals surface area contributed by atoms with Crippen molar-refractivity contribution in [2.75, 3.05) is 13.1 Å². The number of nitro groups is 1. The third-order valence-electron chi connectivity index (χ3n) is 2.16. The molecule has 0 aliphatic rings. The van der Waals surface area contributed by atoms with E-state index in [2.05, 4.69) is 0 Å². The summed E-state index contributed by atoms with van der Waals surface area (Å²) in [6.07, 6.45) is 0. The van der Waals surface area contributed by atoms with Crippen LogP contribution in [0.2, 0.25) is 0 Å². The number of nitro benzene ring substituents is 1. The smallest absolute Gasteiger partial charge is 0.273 e. The van der Waals surface area contributed by atoms with Crippen molar-refractivity contribution in [2.24, 2.45) is 5.73 Å². The highest BCUT2D eigenvalue weighted by atomic mass is 32.2. The quantitative estimate of drug-likeness (QED) is 0.584. The van der Waals surface area contributed by atoms with Gasteiger partial charge < -0.3 is 5.73 Å². The second-order valence-corrected chi connectivity index (χ2v) is 5.41. The van der Waals surface area contributed by atoms with Gasteiger partial charge in [-0.1, -0.05) is 6.07 Å². The van der Waals surface area contributed by atoms with Gasteiger partial charge in [0.25, 0.3) is 11.6 Å². The first-order valence-electron chi connectivity index (χ1n) is 5.00. The van der Waals surface area contributed by atoms with E-state index in [4.69, 9.17) is 5.73 Å². The van der Waals surface area contributed by atoms with Gasteiger partial charge >= 0.3 is 0 Å².